The molecule has 1 N–H and O–H groups in total. The Morgan fingerprint density at radius 2 is 2.00 bits per heavy atom. The smallest absolute Gasteiger partial charge is 0.425 e. The molecule has 7 nitrogen and oxygen atoms in total. The van der Waals surface area contributed by atoms with E-state index in [-0.39, 0.29) is 16.8 Å². The molecule has 0 spiro atoms. The normalized spacial score (nSPS) is 11.2. The maximum Gasteiger partial charge on any atom is 0.425 e. The Labute approximate surface area is 136 Å². The van der Waals surface area contributed by atoms with Gasteiger partial charge in [-0.2, -0.15) is 4.90 Å². The summed E-state index contributed by atoms with van der Waals surface area (Å²) in [6, 6.07) is 3.66. The van der Waals surface area contributed by atoms with Gasteiger partial charge in [-0.05, 0) is 39.0 Å². The van der Waals surface area contributed by atoms with Gasteiger partial charge in [0.1, 0.15) is 17.2 Å². The molecule has 24 heavy (non-hydrogen) atoms. The summed E-state index contributed by atoms with van der Waals surface area (Å²) in [4.78, 5) is 38.8. The first-order chi connectivity index (χ1) is 11.1. The molecule has 1 aromatic carbocycles. The molecule has 1 heterocycles. The Balaban J connectivity index is 2.57. The molecule has 0 atom stereocenters. The van der Waals surface area contributed by atoms with Crippen LogP contribution in [-0.4, -0.2) is 34.2 Å². The fourth-order valence-electron chi connectivity index (χ4n) is 2.02. The summed E-state index contributed by atoms with van der Waals surface area (Å²) in [6.45, 7) is 4.75. The number of carbonyl (C=O) groups is 3. The van der Waals surface area contributed by atoms with Gasteiger partial charge in [-0.1, -0.05) is 0 Å². The summed E-state index contributed by atoms with van der Waals surface area (Å²) in [5.41, 5.74) is -1.16. The first kappa shape index (κ1) is 17.3. The second-order valence-electron chi connectivity index (χ2n) is 5.94. The third-order valence-corrected chi connectivity index (χ3v) is 2.99. The summed E-state index contributed by atoms with van der Waals surface area (Å²) in [5.74, 6) is -1.05. The van der Waals surface area contributed by atoms with Crippen molar-refractivity contribution in [1.82, 2.24) is 4.98 Å². The number of carbonyl (C=O) groups excluding carboxylic acids is 2. The Morgan fingerprint density at radius 3 is 2.54 bits per heavy atom. The number of carboxylic acid groups (broad SMARTS) is 1. The predicted octanol–water partition coefficient (Wildman–Crippen LogP) is 3.61. The maximum absolute atomic E-state index is 13.7. The third-order valence-electron chi connectivity index (χ3n) is 2.99. The molecular weight excluding hydrogens is 319 g/mol. The molecule has 8 heteroatoms. The first-order valence-corrected chi connectivity index (χ1v) is 6.93. The van der Waals surface area contributed by atoms with E-state index >= 15 is 0 Å². The lowest BCUT2D eigenvalue weighted by Crippen LogP contribution is -2.40. The van der Waals surface area contributed by atoms with E-state index in [1.54, 1.807) is 20.8 Å². The van der Waals surface area contributed by atoms with Crippen molar-refractivity contribution in [1.29, 1.82) is 0 Å². The number of fused-ring (bicyclic) bond motifs is 1. The van der Waals surface area contributed by atoms with Crippen molar-refractivity contribution < 1.29 is 28.6 Å². The second kappa shape index (κ2) is 6.23. The van der Waals surface area contributed by atoms with Crippen LogP contribution in [0.2, 0.25) is 0 Å². The van der Waals surface area contributed by atoms with Crippen LogP contribution in [0.5, 0.6) is 0 Å². The molecule has 0 aliphatic heterocycles. The molecular formula is C16H15FN2O5. The minimum atomic E-state index is -1.61. The van der Waals surface area contributed by atoms with Crippen molar-refractivity contribution >= 4 is 35.1 Å². The number of aromatic nitrogens is 1. The van der Waals surface area contributed by atoms with E-state index in [9.17, 15) is 23.9 Å². The van der Waals surface area contributed by atoms with Crippen molar-refractivity contribution in [3.63, 3.8) is 0 Å². The van der Waals surface area contributed by atoms with Crippen LogP contribution < -0.4 is 4.90 Å². The number of ether oxygens (including phenoxy) is 1. The van der Waals surface area contributed by atoms with Crippen LogP contribution in [0.15, 0.2) is 24.4 Å². The molecule has 0 fully saturated rings. The SMILES string of the molecule is CC(C)(C)OC(=O)N(C(=O)O)c1cc2c(C=O)c(F)ccc2cn1. The van der Waals surface area contributed by atoms with E-state index in [0.717, 1.165) is 12.1 Å². The number of halogens is 1. The van der Waals surface area contributed by atoms with Gasteiger partial charge < -0.3 is 9.84 Å². The zero-order chi connectivity index (χ0) is 18.1. The maximum atomic E-state index is 13.7. The van der Waals surface area contributed by atoms with E-state index in [0.29, 0.717) is 16.6 Å². The standard InChI is InChI=1S/C16H15FN2O5/c1-16(2,3)24-15(23)19(14(21)22)13-6-10-9(7-18-13)4-5-12(17)11(10)8-20/h4-8H,1-3H3,(H,21,22). The summed E-state index contributed by atoms with van der Waals surface area (Å²) >= 11 is 0. The minimum absolute atomic E-state index is 0.143. The number of aldehydes is 1. The van der Waals surface area contributed by atoms with E-state index in [2.05, 4.69) is 4.98 Å². The van der Waals surface area contributed by atoms with Gasteiger partial charge in [0, 0.05) is 17.0 Å². The highest BCUT2D eigenvalue weighted by molar-refractivity contribution is 6.09. The van der Waals surface area contributed by atoms with Crippen molar-refractivity contribution in [3.05, 3.63) is 35.8 Å². The number of imide groups is 1. The number of hydrogen-bond acceptors (Lipinski definition) is 5. The molecule has 0 saturated heterocycles. The molecule has 126 valence electrons. The lowest BCUT2D eigenvalue weighted by atomic mass is 10.1. The van der Waals surface area contributed by atoms with Gasteiger partial charge in [0.25, 0.3) is 0 Å². The van der Waals surface area contributed by atoms with E-state index in [4.69, 9.17) is 4.74 Å². The quantitative estimate of drug-likeness (QED) is 0.843. The average Bonchev–Trinajstić information content (AvgIpc) is 2.44. The molecule has 2 amide bonds. The van der Waals surface area contributed by atoms with E-state index in [1.807, 2.05) is 0 Å². The van der Waals surface area contributed by atoms with Gasteiger partial charge >= 0.3 is 12.2 Å². The molecule has 0 bridgehead atoms. The Hall–Kier alpha value is -3.03. The van der Waals surface area contributed by atoms with Crippen LogP contribution in [-0.2, 0) is 4.74 Å². The lowest BCUT2D eigenvalue weighted by molar-refractivity contribution is 0.0581. The first-order valence-electron chi connectivity index (χ1n) is 6.93. The van der Waals surface area contributed by atoms with Crippen LogP contribution >= 0.6 is 0 Å². The molecule has 2 aromatic rings. The van der Waals surface area contributed by atoms with Gasteiger partial charge in [0.15, 0.2) is 6.29 Å². The number of benzene rings is 1. The predicted molar refractivity (Wildman–Crippen MR) is 83.8 cm³/mol. The van der Waals surface area contributed by atoms with Crippen molar-refractivity contribution in [2.75, 3.05) is 4.90 Å². The van der Waals surface area contributed by atoms with Gasteiger partial charge in [-0.3, -0.25) is 4.79 Å². The number of amides is 2. The number of hydrogen-bond donors (Lipinski definition) is 1. The summed E-state index contributed by atoms with van der Waals surface area (Å²) in [6.07, 6.45) is -1.19. The van der Waals surface area contributed by atoms with Crippen LogP contribution in [0, 0.1) is 5.82 Å². The summed E-state index contributed by atoms with van der Waals surface area (Å²) < 4.78 is 18.7. The van der Waals surface area contributed by atoms with Crippen molar-refractivity contribution in [3.8, 4) is 0 Å². The van der Waals surface area contributed by atoms with Gasteiger partial charge in [0.2, 0.25) is 0 Å². The van der Waals surface area contributed by atoms with Crippen molar-refractivity contribution in [2.45, 2.75) is 26.4 Å². The molecule has 1 aromatic heterocycles. The Kier molecular flexibility index (Phi) is 4.50. The summed E-state index contributed by atoms with van der Waals surface area (Å²) in [5, 5.41) is 9.86. The Bertz CT molecular complexity index is 829. The molecule has 0 aliphatic rings. The average molecular weight is 334 g/mol. The van der Waals surface area contributed by atoms with Crippen LogP contribution in [0.25, 0.3) is 10.8 Å². The van der Waals surface area contributed by atoms with Gasteiger partial charge in [-0.25, -0.2) is 19.0 Å². The zero-order valence-electron chi connectivity index (χ0n) is 13.2. The number of rotatable bonds is 2. The molecule has 2 rings (SSSR count). The summed E-state index contributed by atoms with van der Waals surface area (Å²) in [7, 11) is 0. The fraction of sp³-hybridized carbons (Fsp3) is 0.250. The highest BCUT2D eigenvalue weighted by Crippen LogP contribution is 2.25. The highest BCUT2D eigenvalue weighted by atomic mass is 19.1. The largest absolute Gasteiger partial charge is 0.464 e. The molecule has 0 unspecified atom stereocenters. The van der Waals surface area contributed by atoms with Crippen LogP contribution in [0.1, 0.15) is 31.1 Å². The highest BCUT2D eigenvalue weighted by Gasteiger charge is 2.30. The van der Waals surface area contributed by atoms with E-state index < -0.39 is 23.6 Å². The number of anilines is 1. The third kappa shape index (κ3) is 3.48. The van der Waals surface area contributed by atoms with Gasteiger partial charge in [-0.15, -0.1) is 0 Å². The minimum Gasteiger partial charge on any atom is -0.464 e. The zero-order valence-corrected chi connectivity index (χ0v) is 13.2. The van der Waals surface area contributed by atoms with Gasteiger partial charge in [0.05, 0.1) is 5.56 Å². The van der Waals surface area contributed by atoms with Crippen LogP contribution in [0.4, 0.5) is 19.8 Å². The fourth-order valence-corrected chi connectivity index (χ4v) is 2.02. The number of nitrogens with zero attached hydrogens (tertiary/aromatic N) is 2. The molecule has 0 saturated carbocycles. The van der Waals surface area contributed by atoms with Crippen molar-refractivity contribution in [2.24, 2.45) is 0 Å². The number of pyridine rings is 1. The van der Waals surface area contributed by atoms with E-state index in [1.165, 1.54) is 12.3 Å². The molecule has 0 radical (unpaired) electrons. The topological polar surface area (TPSA) is 96.8 Å². The van der Waals surface area contributed by atoms with Crippen LogP contribution in [0.3, 0.4) is 0 Å². The molecule has 0 aliphatic carbocycles. The second-order valence-corrected chi connectivity index (χ2v) is 5.94. The lowest BCUT2D eigenvalue weighted by Gasteiger charge is -2.24. The Morgan fingerprint density at radius 1 is 1.33 bits per heavy atom. The monoisotopic (exact) mass is 334 g/mol.